The number of benzene rings is 1. The molecule has 1 N–H and O–H groups in total. The number of rotatable bonds is 6. The Labute approximate surface area is 170 Å². The molecule has 0 bridgehead atoms. The first kappa shape index (κ1) is 19.6. The van der Waals surface area contributed by atoms with Gasteiger partial charge in [-0.05, 0) is 42.4 Å². The number of nitrogens with one attached hydrogen (secondary N) is 1. The Kier molecular flexibility index (Phi) is 5.31. The second kappa shape index (κ2) is 7.59. The predicted octanol–water partition coefficient (Wildman–Crippen LogP) is 4.41. The number of thiazole rings is 1. The maximum absolute atomic E-state index is 13.3. The fourth-order valence-electron chi connectivity index (χ4n) is 4.70. The summed E-state index contributed by atoms with van der Waals surface area (Å²) in [5, 5.41) is 5.44. The Balaban J connectivity index is 1.59. The number of aromatic nitrogens is 1. The van der Waals surface area contributed by atoms with Crippen molar-refractivity contribution in [1.29, 1.82) is 0 Å². The Hall–Kier alpha value is -1.73. The molecule has 150 valence electrons. The van der Waals surface area contributed by atoms with E-state index >= 15 is 0 Å². The van der Waals surface area contributed by atoms with E-state index in [0.29, 0.717) is 17.0 Å². The van der Waals surface area contributed by atoms with Gasteiger partial charge in [0, 0.05) is 17.8 Å². The van der Waals surface area contributed by atoms with Gasteiger partial charge in [0.05, 0.1) is 10.3 Å². The molecule has 2 aromatic rings. The Morgan fingerprint density at radius 3 is 2.54 bits per heavy atom. The minimum atomic E-state index is -3.25. The Morgan fingerprint density at radius 2 is 1.93 bits per heavy atom. The van der Waals surface area contributed by atoms with E-state index in [4.69, 9.17) is 0 Å². The van der Waals surface area contributed by atoms with Crippen LogP contribution in [0.25, 0.3) is 0 Å². The lowest BCUT2D eigenvalue weighted by molar-refractivity contribution is -0.119. The van der Waals surface area contributed by atoms with Crippen LogP contribution in [-0.4, -0.2) is 25.6 Å². The number of nitrogens with zero attached hydrogens (tertiary/aromatic N) is 1. The minimum absolute atomic E-state index is 0.0182. The van der Waals surface area contributed by atoms with E-state index in [2.05, 4.69) is 10.3 Å². The molecule has 0 spiro atoms. The molecule has 0 aliphatic heterocycles. The third-order valence-corrected chi connectivity index (χ3v) is 8.12. The second-order valence-electron chi connectivity index (χ2n) is 8.20. The molecule has 2 fully saturated rings. The minimum Gasteiger partial charge on any atom is -0.301 e. The van der Waals surface area contributed by atoms with Crippen LogP contribution in [0.1, 0.15) is 50.5 Å². The quantitative estimate of drug-likeness (QED) is 0.754. The molecule has 2 aliphatic rings. The lowest BCUT2D eigenvalue weighted by Crippen LogP contribution is -2.30. The highest BCUT2D eigenvalue weighted by molar-refractivity contribution is 7.90. The maximum atomic E-state index is 13.3. The number of amides is 1. The van der Waals surface area contributed by atoms with Crippen molar-refractivity contribution in [2.45, 2.75) is 55.3 Å². The summed E-state index contributed by atoms with van der Waals surface area (Å²) in [5.74, 6) is 0.985. The predicted molar refractivity (Wildman–Crippen MR) is 111 cm³/mol. The molecule has 1 amide bonds. The second-order valence-corrected chi connectivity index (χ2v) is 11.1. The summed E-state index contributed by atoms with van der Waals surface area (Å²) >= 11 is 1.41. The number of carbonyl (C=O) groups is 1. The van der Waals surface area contributed by atoms with Gasteiger partial charge in [-0.15, -0.1) is 11.3 Å². The zero-order valence-corrected chi connectivity index (χ0v) is 17.7. The van der Waals surface area contributed by atoms with Crippen molar-refractivity contribution in [3.8, 4) is 0 Å². The zero-order valence-electron chi connectivity index (χ0n) is 16.1. The lowest BCUT2D eigenvalue weighted by atomic mass is 9.82. The summed E-state index contributed by atoms with van der Waals surface area (Å²) < 4.78 is 23.6. The van der Waals surface area contributed by atoms with Crippen LogP contribution in [0.2, 0.25) is 0 Å². The maximum Gasteiger partial charge on any atom is 0.237 e. The SMILES string of the molecule is CS(=O)(=O)c1ccc([C@@]2(C(=O)Nc3nccs3)C[C@H]2CC2CCCCC2)cc1. The summed E-state index contributed by atoms with van der Waals surface area (Å²) in [6.07, 6.45) is 11.2. The third kappa shape index (κ3) is 3.87. The van der Waals surface area contributed by atoms with Crippen LogP contribution in [0, 0.1) is 11.8 Å². The summed E-state index contributed by atoms with van der Waals surface area (Å²) in [6, 6.07) is 6.88. The van der Waals surface area contributed by atoms with Crippen LogP contribution in [0.4, 0.5) is 5.13 Å². The van der Waals surface area contributed by atoms with E-state index in [1.165, 1.54) is 49.7 Å². The van der Waals surface area contributed by atoms with Crippen molar-refractivity contribution in [3.63, 3.8) is 0 Å². The average molecular weight is 419 g/mol. The summed E-state index contributed by atoms with van der Waals surface area (Å²) in [7, 11) is -3.25. The molecule has 2 aliphatic carbocycles. The average Bonchev–Trinajstić information content (AvgIpc) is 3.16. The highest BCUT2D eigenvalue weighted by Crippen LogP contribution is 2.58. The molecular weight excluding hydrogens is 392 g/mol. The van der Waals surface area contributed by atoms with Crippen molar-refractivity contribution >= 4 is 32.2 Å². The van der Waals surface area contributed by atoms with Crippen molar-refractivity contribution in [2.75, 3.05) is 11.6 Å². The fourth-order valence-corrected chi connectivity index (χ4v) is 5.85. The van der Waals surface area contributed by atoms with E-state index in [-0.39, 0.29) is 10.8 Å². The first-order valence-corrected chi connectivity index (χ1v) is 12.7. The van der Waals surface area contributed by atoms with Crippen LogP contribution in [0.5, 0.6) is 0 Å². The molecule has 7 heteroatoms. The van der Waals surface area contributed by atoms with Crippen LogP contribution in [-0.2, 0) is 20.0 Å². The van der Waals surface area contributed by atoms with Crippen LogP contribution >= 0.6 is 11.3 Å². The van der Waals surface area contributed by atoms with E-state index in [9.17, 15) is 13.2 Å². The summed E-state index contributed by atoms with van der Waals surface area (Å²) in [4.78, 5) is 17.7. The smallest absolute Gasteiger partial charge is 0.237 e. The van der Waals surface area contributed by atoms with Crippen LogP contribution in [0.15, 0.2) is 40.7 Å². The molecule has 5 nitrogen and oxygen atoms in total. The molecule has 0 saturated heterocycles. The van der Waals surface area contributed by atoms with Gasteiger partial charge in [-0.25, -0.2) is 13.4 Å². The van der Waals surface area contributed by atoms with E-state index < -0.39 is 15.3 Å². The Morgan fingerprint density at radius 1 is 1.21 bits per heavy atom. The van der Waals surface area contributed by atoms with Crippen molar-refractivity contribution < 1.29 is 13.2 Å². The van der Waals surface area contributed by atoms with Crippen molar-refractivity contribution in [1.82, 2.24) is 4.98 Å². The van der Waals surface area contributed by atoms with Gasteiger partial charge in [-0.1, -0.05) is 44.2 Å². The molecule has 4 rings (SSSR count). The normalized spacial score (nSPS) is 25.4. The lowest BCUT2D eigenvalue weighted by Gasteiger charge is -2.24. The van der Waals surface area contributed by atoms with Crippen LogP contribution in [0.3, 0.4) is 0 Å². The van der Waals surface area contributed by atoms with E-state index in [1.54, 1.807) is 18.3 Å². The fraction of sp³-hybridized carbons (Fsp3) is 0.524. The van der Waals surface area contributed by atoms with Gasteiger partial charge in [0.2, 0.25) is 5.91 Å². The Bertz CT molecular complexity index is 933. The number of sulfone groups is 1. The van der Waals surface area contributed by atoms with Gasteiger partial charge in [-0.3, -0.25) is 4.79 Å². The number of carbonyl (C=O) groups excluding carboxylic acids is 1. The highest BCUT2D eigenvalue weighted by atomic mass is 32.2. The van der Waals surface area contributed by atoms with Gasteiger partial charge >= 0.3 is 0 Å². The molecule has 28 heavy (non-hydrogen) atoms. The topological polar surface area (TPSA) is 76.1 Å². The molecular formula is C21H26N2O3S2. The van der Waals surface area contributed by atoms with Gasteiger partial charge in [0.1, 0.15) is 0 Å². The molecule has 1 aromatic heterocycles. The molecule has 1 aromatic carbocycles. The zero-order chi connectivity index (χ0) is 19.8. The molecule has 0 unspecified atom stereocenters. The molecule has 1 heterocycles. The number of hydrogen-bond acceptors (Lipinski definition) is 5. The molecule has 2 atom stereocenters. The third-order valence-electron chi connectivity index (χ3n) is 6.30. The van der Waals surface area contributed by atoms with Crippen LogP contribution < -0.4 is 5.32 Å². The highest BCUT2D eigenvalue weighted by Gasteiger charge is 2.61. The number of hydrogen-bond donors (Lipinski definition) is 1. The first-order valence-electron chi connectivity index (χ1n) is 9.91. The summed E-state index contributed by atoms with van der Waals surface area (Å²) in [6.45, 7) is 0. The van der Waals surface area contributed by atoms with Crippen molar-refractivity contribution in [2.24, 2.45) is 11.8 Å². The van der Waals surface area contributed by atoms with E-state index in [1.807, 2.05) is 17.5 Å². The molecule has 0 radical (unpaired) electrons. The van der Waals surface area contributed by atoms with Gasteiger partial charge in [-0.2, -0.15) is 0 Å². The number of anilines is 1. The summed E-state index contributed by atoms with van der Waals surface area (Å²) in [5.41, 5.74) is 0.342. The first-order chi connectivity index (χ1) is 13.4. The van der Waals surface area contributed by atoms with E-state index in [0.717, 1.165) is 18.4 Å². The van der Waals surface area contributed by atoms with Gasteiger partial charge in [0.15, 0.2) is 15.0 Å². The standard InChI is InChI=1S/C21H26N2O3S2/c1-28(25,26)18-9-7-16(8-10-18)21(19(24)23-20-22-11-12-27-20)14-17(21)13-15-5-3-2-4-6-15/h7-12,15,17H,2-6,13-14H2,1H3,(H,22,23,24)/t17-,21+/m1/s1. The van der Waals surface area contributed by atoms with Gasteiger partial charge < -0.3 is 5.32 Å². The molecule has 2 saturated carbocycles. The monoisotopic (exact) mass is 418 g/mol. The van der Waals surface area contributed by atoms with Crippen molar-refractivity contribution in [3.05, 3.63) is 41.4 Å². The largest absolute Gasteiger partial charge is 0.301 e. The van der Waals surface area contributed by atoms with Gasteiger partial charge in [0.25, 0.3) is 0 Å².